The fourth-order valence-corrected chi connectivity index (χ4v) is 2.86. The topological polar surface area (TPSA) is 28.5 Å². The molecule has 0 amide bonds. The summed E-state index contributed by atoms with van der Waals surface area (Å²) in [4.78, 5) is 4.29. The summed E-state index contributed by atoms with van der Waals surface area (Å²) in [7, 11) is 0. The summed E-state index contributed by atoms with van der Waals surface area (Å²) >= 11 is 15.5. The molecule has 1 aliphatic heterocycles. The molecule has 1 atom stereocenters. The molecule has 1 aromatic rings. The molecule has 1 aliphatic rings. The van der Waals surface area contributed by atoms with Gasteiger partial charge in [-0.15, -0.1) is 0 Å². The highest BCUT2D eigenvalue weighted by Crippen LogP contribution is 2.38. The molecular formula is C12H14BrCl2N3. The summed E-state index contributed by atoms with van der Waals surface area (Å²) in [5.74, 6) is 0.649. The lowest BCUT2D eigenvalue weighted by atomic mass is 9.85. The van der Waals surface area contributed by atoms with Crippen molar-refractivity contribution in [2.24, 2.45) is 10.5 Å². The van der Waals surface area contributed by atoms with Crippen LogP contribution in [0, 0.1) is 5.41 Å². The van der Waals surface area contributed by atoms with E-state index in [0.29, 0.717) is 15.9 Å². The van der Waals surface area contributed by atoms with E-state index in [2.05, 4.69) is 46.8 Å². The van der Waals surface area contributed by atoms with E-state index in [1.807, 2.05) is 5.01 Å². The van der Waals surface area contributed by atoms with Crippen LogP contribution >= 0.6 is 39.1 Å². The minimum Gasteiger partial charge on any atom is -0.242 e. The molecular weight excluding hydrogens is 337 g/mol. The summed E-state index contributed by atoms with van der Waals surface area (Å²) in [5.41, 5.74) is 0.0731. The highest BCUT2D eigenvalue weighted by Gasteiger charge is 2.37. The van der Waals surface area contributed by atoms with Crippen molar-refractivity contribution in [2.45, 2.75) is 33.2 Å². The Hall–Kier alpha value is -0.320. The average molecular weight is 351 g/mol. The van der Waals surface area contributed by atoms with Crippen LogP contribution in [0.5, 0.6) is 0 Å². The first-order valence-electron chi connectivity index (χ1n) is 5.62. The Balaban J connectivity index is 2.41. The van der Waals surface area contributed by atoms with E-state index in [9.17, 15) is 0 Å². The molecule has 2 heterocycles. The van der Waals surface area contributed by atoms with Crippen molar-refractivity contribution in [1.29, 1.82) is 0 Å². The van der Waals surface area contributed by atoms with Crippen LogP contribution in [0.1, 0.15) is 27.2 Å². The molecule has 0 aromatic carbocycles. The molecule has 1 aromatic heterocycles. The second-order valence-corrected chi connectivity index (χ2v) is 7.12. The Morgan fingerprint density at radius 2 is 2.06 bits per heavy atom. The number of hydrogen-bond acceptors (Lipinski definition) is 3. The van der Waals surface area contributed by atoms with Gasteiger partial charge >= 0.3 is 0 Å². The van der Waals surface area contributed by atoms with Crippen molar-refractivity contribution < 1.29 is 0 Å². The third kappa shape index (κ3) is 2.81. The predicted molar refractivity (Wildman–Crippen MR) is 81.0 cm³/mol. The van der Waals surface area contributed by atoms with Crippen LogP contribution in [0.15, 0.2) is 17.4 Å². The highest BCUT2D eigenvalue weighted by molar-refractivity contribution is 9.18. The Morgan fingerprint density at radius 3 is 2.61 bits per heavy atom. The van der Waals surface area contributed by atoms with Gasteiger partial charge in [-0.25, -0.2) is 9.99 Å². The minimum absolute atomic E-state index is 0.0731. The second kappa shape index (κ2) is 4.99. The Morgan fingerprint density at radius 1 is 1.39 bits per heavy atom. The van der Waals surface area contributed by atoms with Crippen LogP contribution in [0.4, 0.5) is 5.82 Å². The zero-order valence-electron chi connectivity index (χ0n) is 10.4. The second-order valence-electron chi connectivity index (χ2n) is 5.37. The molecule has 0 saturated heterocycles. The molecule has 0 N–H and O–H groups in total. The SMILES string of the molecule is CC(C)(C)C1CC(Br)=NN1c1ncc(Cl)cc1Cl. The van der Waals surface area contributed by atoms with Gasteiger partial charge in [0.05, 0.1) is 16.1 Å². The van der Waals surface area contributed by atoms with Gasteiger partial charge in [0, 0.05) is 12.6 Å². The van der Waals surface area contributed by atoms with E-state index in [4.69, 9.17) is 23.2 Å². The minimum atomic E-state index is 0.0731. The van der Waals surface area contributed by atoms with E-state index in [0.717, 1.165) is 11.0 Å². The molecule has 2 rings (SSSR count). The predicted octanol–water partition coefficient (Wildman–Crippen LogP) is 4.72. The summed E-state index contributed by atoms with van der Waals surface area (Å²) in [6, 6.07) is 1.91. The number of anilines is 1. The van der Waals surface area contributed by atoms with Crippen molar-refractivity contribution in [2.75, 3.05) is 5.01 Å². The molecule has 98 valence electrons. The first kappa shape index (κ1) is 14.1. The van der Waals surface area contributed by atoms with Crippen LogP contribution in [0.3, 0.4) is 0 Å². The molecule has 0 saturated carbocycles. The Bertz CT molecular complexity index is 497. The maximum absolute atomic E-state index is 6.20. The summed E-state index contributed by atoms with van der Waals surface area (Å²) < 4.78 is 0.912. The van der Waals surface area contributed by atoms with Crippen molar-refractivity contribution in [1.82, 2.24) is 4.98 Å². The Kier molecular flexibility index (Phi) is 3.90. The van der Waals surface area contributed by atoms with Gasteiger partial charge in [0.2, 0.25) is 0 Å². The summed E-state index contributed by atoms with van der Waals surface area (Å²) in [6.07, 6.45) is 2.44. The van der Waals surface area contributed by atoms with Gasteiger partial charge in [0.1, 0.15) is 4.62 Å². The van der Waals surface area contributed by atoms with E-state index < -0.39 is 0 Å². The lowest BCUT2D eigenvalue weighted by molar-refractivity contribution is 0.320. The number of rotatable bonds is 1. The van der Waals surface area contributed by atoms with Crippen LogP contribution < -0.4 is 5.01 Å². The highest BCUT2D eigenvalue weighted by atomic mass is 79.9. The zero-order chi connectivity index (χ0) is 13.5. The van der Waals surface area contributed by atoms with Crippen molar-refractivity contribution in [3.8, 4) is 0 Å². The van der Waals surface area contributed by atoms with Crippen LogP contribution in [0.25, 0.3) is 0 Å². The van der Waals surface area contributed by atoms with Crippen LogP contribution in [-0.4, -0.2) is 15.6 Å². The zero-order valence-corrected chi connectivity index (χ0v) is 13.5. The number of hydrazone groups is 1. The van der Waals surface area contributed by atoms with Gasteiger partial charge in [-0.1, -0.05) is 44.0 Å². The quantitative estimate of drug-likeness (QED) is 0.732. The largest absolute Gasteiger partial charge is 0.242 e. The maximum atomic E-state index is 6.20. The van der Waals surface area contributed by atoms with Crippen LogP contribution in [-0.2, 0) is 0 Å². The van der Waals surface area contributed by atoms with Gasteiger partial charge in [-0.2, -0.15) is 5.10 Å². The number of pyridine rings is 1. The Labute approximate surface area is 125 Å². The molecule has 3 nitrogen and oxygen atoms in total. The van der Waals surface area contributed by atoms with Crippen molar-refractivity contribution >= 4 is 49.6 Å². The van der Waals surface area contributed by atoms with Gasteiger partial charge in [0.15, 0.2) is 5.82 Å². The molecule has 0 bridgehead atoms. The molecule has 0 spiro atoms. The summed E-state index contributed by atoms with van der Waals surface area (Å²) in [6.45, 7) is 6.53. The molecule has 18 heavy (non-hydrogen) atoms. The van der Waals surface area contributed by atoms with Crippen LogP contribution in [0.2, 0.25) is 10.0 Å². The third-order valence-electron chi connectivity index (χ3n) is 2.88. The number of aromatic nitrogens is 1. The molecule has 6 heteroatoms. The third-order valence-corrected chi connectivity index (χ3v) is 3.85. The van der Waals surface area contributed by atoms with Crippen molar-refractivity contribution in [3.05, 3.63) is 22.3 Å². The molecule has 0 aliphatic carbocycles. The summed E-state index contributed by atoms with van der Waals surface area (Å²) in [5, 5.41) is 7.39. The lowest BCUT2D eigenvalue weighted by Crippen LogP contribution is -2.38. The standard InChI is InChI=1S/C12H14BrCl2N3/c1-12(2,3)9-5-10(13)17-18(9)11-8(15)4-7(14)6-16-11/h4,6,9H,5H2,1-3H3. The van der Waals surface area contributed by atoms with Gasteiger partial charge in [-0.05, 0) is 27.4 Å². The van der Waals surface area contributed by atoms with Gasteiger partial charge in [0.25, 0.3) is 0 Å². The monoisotopic (exact) mass is 349 g/mol. The molecule has 0 fully saturated rings. The van der Waals surface area contributed by atoms with E-state index in [1.54, 1.807) is 12.3 Å². The first-order valence-corrected chi connectivity index (χ1v) is 7.17. The van der Waals surface area contributed by atoms with E-state index in [1.165, 1.54) is 0 Å². The van der Waals surface area contributed by atoms with E-state index in [-0.39, 0.29) is 11.5 Å². The maximum Gasteiger partial charge on any atom is 0.168 e. The van der Waals surface area contributed by atoms with Gasteiger partial charge < -0.3 is 0 Å². The number of hydrogen-bond donors (Lipinski definition) is 0. The van der Waals surface area contributed by atoms with E-state index >= 15 is 0 Å². The molecule has 1 unspecified atom stereocenters. The number of halogens is 3. The fraction of sp³-hybridized carbons (Fsp3) is 0.500. The van der Waals surface area contributed by atoms with Crippen molar-refractivity contribution in [3.63, 3.8) is 0 Å². The fourth-order valence-electron chi connectivity index (χ4n) is 1.92. The number of nitrogens with zero attached hydrogens (tertiary/aromatic N) is 3. The lowest BCUT2D eigenvalue weighted by Gasteiger charge is -2.33. The normalized spacial score (nSPS) is 20.2. The smallest absolute Gasteiger partial charge is 0.168 e. The molecule has 0 radical (unpaired) electrons. The first-order chi connectivity index (χ1) is 8.29. The van der Waals surface area contributed by atoms with Gasteiger partial charge in [-0.3, -0.25) is 0 Å². The average Bonchev–Trinajstić information content (AvgIpc) is 2.59.